The maximum absolute atomic E-state index is 6.26. The van der Waals surface area contributed by atoms with Crippen molar-refractivity contribution in [2.75, 3.05) is 27.3 Å². The Labute approximate surface area is 193 Å². The normalized spacial score (nSPS) is 38.2. The average Bonchev–Trinajstić information content (AvgIpc) is 2.82. The van der Waals surface area contributed by atoms with Crippen molar-refractivity contribution in [3.63, 3.8) is 0 Å². The number of methoxy groups -OCH3 is 1. The molecular formula is C27H41NO4. The van der Waals surface area contributed by atoms with Crippen molar-refractivity contribution in [3.05, 3.63) is 29.8 Å². The maximum atomic E-state index is 6.26. The van der Waals surface area contributed by atoms with Crippen molar-refractivity contribution in [1.29, 1.82) is 0 Å². The highest BCUT2D eigenvalue weighted by atomic mass is 17.2. The van der Waals surface area contributed by atoms with E-state index in [0.29, 0.717) is 17.8 Å². The zero-order chi connectivity index (χ0) is 22.0. The third-order valence-corrected chi connectivity index (χ3v) is 8.78. The molecule has 1 aromatic rings. The molecule has 0 amide bonds. The van der Waals surface area contributed by atoms with E-state index in [1.54, 1.807) is 0 Å². The van der Waals surface area contributed by atoms with E-state index in [1.165, 1.54) is 37.7 Å². The lowest BCUT2D eigenvalue weighted by Gasteiger charge is -2.58. The molecule has 0 heterocycles. The molecule has 5 saturated carbocycles. The summed E-state index contributed by atoms with van der Waals surface area (Å²) in [6, 6.07) is 8.72. The fourth-order valence-electron chi connectivity index (χ4n) is 7.26. The molecule has 0 unspecified atom stereocenters. The fraction of sp³-hybridized carbons (Fsp3) is 0.778. The van der Waals surface area contributed by atoms with E-state index in [-0.39, 0.29) is 6.10 Å². The number of ether oxygens (including phenoxy) is 2. The molecule has 0 radical (unpaired) electrons. The van der Waals surface area contributed by atoms with Crippen molar-refractivity contribution >= 4 is 0 Å². The lowest BCUT2D eigenvalue weighted by Crippen LogP contribution is -2.60. The molecule has 1 aromatic carbocycles. The number of hydrogen-bond donors (Lipinski definition) is 1. The highest BCUT2D eigenvalue weighted by molar-refractivity contribution is 5.29. The van der Waals surface area contributed by atoms with Crippen LogP contribution in [-0.4, -0.2) is 39.2 Å². The van der Waals surface area contributed by atoms with Crippen LogP contribution in [0, 0.1) is 23.7 Å². The molecule has 1 N–H and O–H groups in total. The molecule has 32 heavy (non-hydrogen) atoms. The first kappa shape index (κ1) is 22.6. The van der Waals surface area contributed by atoms with Gasteiger partial charge < -0.3 is 14.8 Å². The maximum Gasteiger partial charge on any atom is 0.207 e. The predicted octanol–water partition coefficient (Wildman–Crippen LogP) is 5.45. The van der Waals surface area contributed by atoms with Crippen LogP contribution in [0.25, 0.3) is 0 Å². The van der Waals surface area contributed by atoms with Gasteiger partial charge in [0.05, 0.1) is 12.7 Å². The van der Waals surface area contributed by atoms with Crippen LogP contribution < -0.4 is 10.1 Å². The van der Waals surface area contributed by atoms with Crippen LogP contribution in [0.3, 0.4) is 0 Å². The van der Waals surface area contributed by atoms with Gasteiger partial charge in [-0.3, -0.25) is 0 Å². The summed E-state index contributed by atoms with van der Waals surface area (Å²) in [6.45, 7) is 1.75. The smallest absolute Gasteiger partial charge is 0.207 e. The Kier molecular flexibility index (Phi) is 7.08. The van der Waals surface area contributed by atoms with Crippen molar-refractivity contribution in [2.45, 2.75) is 82.0 Å². The number of hydrogen-bond acceptors (Lipinski definition) is 5. The van der Waals surface area contributed by atoms with Gasteiger partial charge in [0.1, 0.15) is 5.75 Å². The second-order valence-corrected chi connectivity index (χ2v) is 10.8. The topological polar surface area (TPSA) is 49.0 Å². The van der Waals surface area contributed by atoms with Crippen molar-refractivity contribution in [3.8, 4) is 5.75 Å². The van der Waals surface area contributed by atoms with E-state index in [4.69, 9.17) is 19.2 Å². The zero-order valence-corrected chi connectivity index (χ0v) is 19.9. The zero-order valence-electron chi connectivity index (χ0n) is 19.9. The molecule has 5 nitrogen and oxygen atoms in total. The standard InChI is InChI=1S/C27H41NO4/c1-28-12-3-13-30-25-8-4-21(5-9-25)22-6-10-26(11-7-22)31-32-27(29-2)23-15-19-14-20(17-23)18-24(27)16-19/h4-5,8-9,19-20,22-24,26,28H,3,6-7,10-18H2,1-2H3/t19?,20?,22-,23?,24?,26+,27?. The van der Waals surface area contributed by atoms with Gasteiger partial charge in [-0.1, -0.05) is 12.1 Å². The Bertz CT molecular complexity index is 700. The first-order valence-electron chi connectivity index (χ1n) is 13.0. The molecule has 5 heteroatoms. The van der Waals surface area contributed by atoms with Crippen LogP contribution in [0.15, 0.2) is 24.3 Å². The molecule has 0 saturated heterocycles. The molecule has 5 fully saturated rings. The summed E-state index contributed by atoms with van der Waals surface area (Å²) in [5.74, 6) is 3.89. The average molecular weight is 444 g/mol. The minimum atomic E-state index is -0.493. The number of rotatable bonds is 10. The minimum absolute atomic E-state index is 0.185. The van der Waals surface area contributed by atoms with Gasteiger partial charge in [0.15, 0.2) is 0 Å². The second kappa shape index (κ2) is 10.0. The van der Waals surface area contributed by atoms with Gasteiger partial charge in [-0.25, -0.2) is 9.78 Å². The van der Waals surface area contributed by atoms with E-state index in [1.807, 2.05) is 14.2 Å². The lowest BCUT2D eigenvalue weighted by atomic mass is 9.53. The SMILES string of the molecule is CNCCCOc1ccc([C@H]2CC[C@@H](OOC3(OC)C4CC5CC(C4)CC3C5)CC2)cc1. The Hall–Kier alpha value is -1.14. The van der Waals surface area contributed by atoms with Crippen LogP contribution >= 0.6 is 0 Å². The van der Waals surface area contributed by atoms with Crippen molar-refractivity contribution in [2.24, 2.45) is 23.7 Å². The highest BCUT2D eigenvalue weighted by Crippen LogP contribution is 2.60. The third-order valence-electron chi connectivity index (χ3n) is 8.78. The largest absolute Gasteiger partial charge is 0.494 e. The predicted molar refractivity (Wildman–Crippen MR) is 124 cm³/mol. The quantitative estimate of drug-likeness (QED) is 0.226. The molecule has 0 atom stereocenters. The molecule has 0 aromatic heterocycles. The molecular weight excluding hydrogens is 402 g/mol. The van der Waals surface area contributed by atoms with Crippen LogP contribution in [0.4, 0.5) is 0 Å². The van der Waals surface area contributed by atoms with Crippen LogP contribution in [0.5, 0.6) is 5.75 Å². The number of nitrogens with one attached hydrogen (secondary N) is 1. The molecule has 5 aliphatic rings. The minimum Gasteiger partial charge on any atom is -0.494 e. The van der Waals surface area contributed by atoms with Gasteiger partial charge in [0.2, 0.25) is 5.79 Å². The Balaban J connectivity index is 1.09. The van der Waals surface area contributed by atoms with Crippen LogP contribution in [-0.2, 0) is 14.5 Å². The van der Waals surface area contributed by atoms with Gasteiger partial charge in [-0.05, 0) is 113 Å². The second-order valence-electron chi connectivity index (χ2n) is 10.8. The van der Waals surface area contributed by atoms with E-state index < -0.39 is 5.79 Å². The van der Waals surface area contributed by atoms with Crippen LogP contribution in [0.2, 0.25) is 0 Å². The summed E-state index contributed by atoms with van der Waals surface area (Å²) in [5, 5.41) is 3.15. The Morgan fingerprint density at radius 2 is 1.56 bits per heavy atom. The monoisotopic (exact) mass is 443 g/mol. The summed E-state index contributed by atoms with van der Waals surface area (Å²) in [6.07, 6.45) is 12.1. The Morgan fingerprint density at radius 1 is 0.906 bits per heavy atom. The highest BCUT2D eigenvalue weighted by Gasteiger charge is 2.60. The van der Waals surface area contributed by atoms with Gasteiger partial charge in [-0.15, -0.1) is 0 Å². The van der Waals surface area contributed by atoms with Gasteiger partial charge in [0, 0.05) is 18.9 Å². The summed E-state index contributed by atoms with van der Waals surface area (Å²) in [4.78, 5) is 12.4. The summed E-state index contributed by atoms with van der Waals surface area (Å²) in [7, 11) is 3.80. The molecule has 178 valence electrons. The van der Waals surface area contributed by atoms with Gasteiger partial charge in [-0.2, -0.15) is 0 Å². The third kappa shape index (κ3) is 4.59. The van der Waals surface area contributed by atoms with Gasteiger partial charge in [0.25, 0.3) is 0 Å². The van der Waals surface area contributed by atoms with E-state index in [9.17, 15) is 0 Å². The molecule has 0 aliphatic heterocycles. The fourth-order valence-corrected chi connectivity index (χ4v) is 7.26. The molecule has 4 bridgehead atoms. The van der Waals surface area contributed by atoms with E-state index >= 15 is 0 Å². The lowest BCUT2D eigenvalue weighted by molar-refractivity contribution is -0.485. The summed E-state index contributed by atoms with van der Waals surface area (Å²) >= 11 is 0. The first-order chi connectivity index (χ1) is 15.7. The molecule has 5 aliphatic carbocycles. The summed E-state index contributed by atoms with van der Waals surface area (Å²) in [5.41, 5.74) is 1.42. The van der Waals surface area contributed by atoms with Gasteiger partial charge >= 0.3 is 0 Å². The molecule has 0 spiro atoms. The summed E-state index contributed by atoms with van der Waals surface area (Å²) < 4.78 is 11.9. The molecule has 6 rings (SSSR count). The number of benzene rings is 1. The van der Waals surface area contributed by atoms with Crippen molar-refractivity contribution in [1.82, 2.24) is 5.32 Å². The van der Waals surface area contributed by atoms with E-state index in [0.717, 1.165) is 62.8 Å². The van der Waals surface area contributed by atoms with Crippen LogP contribution in [0.1, 0.15) is 75.7 Å². The van der Waals surface area contributed by atoms with E-state index in [2.05, 4.69) is 29.6 Å². The first-order valence-corrected chi connectivity index (χ1v) is 13.0. The Morgan fingerprint density at radius 3 is 2.16 bits per heavy atom. The van der Waals surface area contributed by atoms with Crippen molar-refractivity contribution < 1.29 is 19.2 Å².